The van der Waals surface area contributed by atoms with E-state index in [2.05, 4.69) is 88.4 Å². The van der Waals surface area contributed by atoms with Crippen molar-refractivity contribution in [2.75, 3.05) is 23.9 Å². The zero-order valence-corrected chi connectivity index (χ0v) is 18.2. The number of rotatable bonds is 5. The van der Waals surface area contributed by atoms with Gasteiger partial charge in [-0.05, 0) is 36.6 Å². The molecule has 0 unspecified atom stereocenters. The number of fused-ring (bicyclic) bond motifs is 1. The molecule has 1 aliphatic rings. The molecule has 0 amide bonds. The summed E-state index contributed by atoms with van der Waals surface area (Å²) >= 11 is 3.72. The summed E-state index contributed by atoms with van der Waals surface area (Å²) in [5, 5.41) is 1.10. The van der Waals surface area contributed by atoms with Crippen molar-refractivity contribution < 1.29 is 0 Å². The molecule has 0 spiro atoms. The maximum Gasteiger partial charge on any atom is 0.228 e. The molecule has 4 rings (SSSR count). The number of aromatic nitrogens is 2. The lowest BCUT2D eigenvalue weighted by Gasteiger charge is -2.35. The molecule has 0 N–H and O–H groups in total. The molecule has 146 valence electrons. The molecule has 4 nitrogen and oxygen atoms in total. The smallest absolute Gasteiger partial charge is 0.228 e. The van der Waals surface area contributed by atoms with Crippen LogP contribution in [0.1, 0.15) is 37.7 Å². The van der Waals surface area contributed by atoms with Crippen molar-refractivity contribution in [2.24, 2.45) is 0 Å². The number of para-hydroxylation sites is 1. The second kappa shape index (κ2) is 8.48. The largest absolute Gasteiger partial charge is 0.362 e. The Balaban J connectivity index is 1.80. The van der Waals surface area contributed by atoms with Crippen LogP contribution in [0.4, 0.5) is 11.8 Å². The van der Waals surface area contributed by atoms with Crippen LogP contribution in [-0.2, 0) is 6.54 Å². The quantitative estimate of drug-likeness (QED) is 0.503. The monoisotopic (exact) mass is 438 g/mol. The first kappa shape index (κ1) is 19.2. The fourth-order valence-corrected chi connectivity index (χ4v) is 4.49. The highest BCUT2D eigenvalue weighted by Crippen LogP contribution is 2.32. The second-order valence-corrected chi connectivity index (χ2v) is 8.62. The van der Waals surface area contributed by atoms with Gasteiger partial charge in [-0.15, -0.1) is 0 Å². The minimum atomic E-state index is 0.483. The summed E-state index contributed by atoms with van der Waals surface area (Å²) < 4.78 is 1.14. The van der Waals surface area contributed by atoms with Crippen molar-refractivity contribution in [1.82, 2.24) is 9.97 Å². The van der Waals surface area contributed by atoms with Gasteiger partial charge < -0.3 is 9.80 Å². The normalized spacial score (nSPS) is 15.0. The van der Waals surface area contributed by atoms with Gasteiger partial charge in [-0.25, -0.2) is 4.98 Å². The van der Waals surface area contributed by atoms with Gasteiger partial charge in [0.15, 0.2) is 0 Å². The van der Waals surface area contributed by atoms with Gasteiger partial charge in [-0.1, -0.05) is 65.5 Å². The van der Waals surface area contributed by atoms with Crippen LogP contribution >= 0.6 is 15.9 Å². The first-order valence-corrected chi connectivity index (χ1v) is 10.9. The Hall–Kier alpha value is -2.14. The van der Waals surface area contributed by atoms with Gasteiger partial charge in [0, 0.05) is 36.5 Å². The van der Waals surface area contributed by atoms with Gasteiger partial charge in [0.05, 0.1) is 5.52 Å². The number of anilines is 2. The maximum absolute atomic E-state index is 5.03. The molecule has 1 saturated carbocycles. The van der Waals surface area contributed by atoms with Crippen LogP contribution in [0.5, 0.6) is 0 Å². The molecule has 1 aliphatic carbocycles. The molecule has 0 aliphatic heterocycles. The predicted octanol–water partition coefficient (Wildman–Crippen LogP) is 5.80. The Morgan fingerprint density at radius 3 is 2.39 bits per heavy atom. The minimum Gasteiger partial charge on any atom is -0.362 e. The Morgan fingerprint density at radius 2 is 1.64 bits per heavy atom. The number of hydrogen-bond donors (Lipinski definition) is 0. The zero-order valence-electron chi connectivity index (χ0n) is 16.6. The van der Waals surface area contributed by atoms with Gasteiger partial charge in [0.25, 0.3) is 0 Å². The summed E-state index contributed by atoms with van der Waals surface area (Å²) in [6.45, 7) is 0.817. The third-order valence-corrected chi connectivity index (χ3v) is 6.34. The van der Waals surface area contributed by atoms with E-state index in [1.54, 1.807) is 0 Å². The van der Waals surface area contributed by atoms with Crippen LogP contribution in [0.2, 0.25) is 0 Å². The first-order valence-electron chi connectivity index (χ1n) is 10.1. The first-order chi connectivity index (χ1) is 13.6. The van der Waals surface area contributed by atoms with Crippen molar-refractivity contribution in [2.45, 2.75) is 44.7 Å². The highest BCUT2D eigenvalue weighted by molar-refractivity contribution is 9.10. The average Bonchev–Trinajstić information content (AvgIpc) is 2.73. The summed E-state index contributed by atoms with van der Waals surface area (Å²) in [7, 11) is 4.11. The number of nitrogens with zero attached hydrogens (tertiary/aromatic N) is 4. The van der Waals surface area contributed by atoms with Crippen LogP contribution in [-0.4, -0.2) is 30.1 Å². The summed E-state index contributed by atoms with van der Waals surface area (Å²) in [4.78, 5) is 14.5. The van der Waals surface area contributed by atoms with E-state index in [9.17, 15) is 0 Å². The molecule has 1 heterocycles. The lowest BCUT2D eigenvalue weighted by Crippen LogP contribution is -2.38. The number of halogens is 1. The van der Waals surface area contributed by atoms with E-state index in [-0.39, 0.29) is 0 Å². The fraction of sp³-hybridized carbons (Fsp3) is 0.391. The molecule has 0 saturated heterocycles. The van der Waals surface area contributed by atoms with E-state index in [0.29, 0.717) is 6.04 Å². The third kappa shape index (κ3) is 4.00. The van der Waals surface area contributed by atoms with E-state index in [1.165, 1.54) is 37.7 Å². The van der Waals surface area contributed by atoms with E-state index in [4.69, 9.17) is 9.97 Å². The maximum atomic E-state index is 5.03. The van der Waals surface area contributed by atoms with Gasteiger partial charge in [-0.2, -0.15) is 4.98 Å². The molecule has 2 aromatic carbocycles. The number of benzene rings is 2. The van der Waals surface area contributed by atoms with E-state index in [1.807, 2.05) is 0 Å². The van der Waals surface area contributed by atoms with Gasteiger partial charge in [-0.3, -0.25) is 0 Å². The fourth-order valence-electron chi connectivity index (χ4n) is 4.08. The average molecular weight is 439 g/mol. The predicted molar refractivity (Wildman–Crippen MR) is 121 cm³/mol. The zero-order chi connectivity index (χ0) is 19.5. The molecule has 5 heteroatoms. The highest BCUT2D eigenvalue weighted by Gasteiger charge is 2.25. The summed E-state index contributed by atoms with van der Waals surface area (Å²) in [5.41, 5.74) is 2.28. The Morgan fingerprint density at radius 1 is 0.929 bits per heavy atom. The highest BCUT2D eigenvalue weighted by atomic mass is 79.9. The van der Waals surface area contributed by atoms with Gasteiger partial charge >= 0.3 is 0 Å². The molecule has 0 radical (unpaired) electrons. The summed E-state index contributed by atoms with van der Waals surface area (Å²) in [6, 6.07) is 17.3. The van der Waals surface area contributed by atoms with Gasteiger partial charge in [0.1, 0.15) is 5.82 Å². The van der Waals surface area contributed by atoms with Crippen LogP contribution in [0, 0.1) is 0 Å². The van der Waals surface area contributed by atoms with E-state index >= 15 is 0 Å². The molecular weight excluding hydrogens is 412 g/mol. The second-order valence-electron chi connectivity index (χ2n) is 7.77. The van der Waals surface area contributed by atoms with Crippen molar-refractivity contribution in [3.05, 3.63) is 58.6 Å². The number of hydrogen-bond acceptors (Lipinski definition) is 4. The molecular formula is C23H27BrN4. The lowest BCUT2D eigenvalue weighted by molar-refractivity contribution is 0.409. The van der Waals surface area contributed by atoms with Crippen LogP contribution in [0.15, 0.2) is 53.0 Å². The third-order valence-electron chi connectivity index (χ3n) is 5.57. The van der Waals surface area contributed by atoms with Crippen LogP contribution in [0.3, 0.4) is 0 Å². The molecule has 3 aromatic rings. The Bertz CT molecular complexity index is 950. The van der Waals surface area contributed by atoms with Crippen LogP contribution in [0.25, 0.3) is 10.9 Å². The Kier molecular flexibility index (Phi) is 5.81. The van der Waals surface area contributed by atoms with Gasteiger partial charge in [0.2, 0.25) is 5.95 Å². The topological polar surface area (TPSA) is 32.3 Å². The summed E-state index contributed by atoms with van der Waals surface area (Å²) in [5.74, 6) is 1.82. The van der Waals surface area contributed by atoms with E-state index in [0.717, 1.165) is 33.7 Å². The molecule has 0 bridgehead atoms. The minimum absolute atomic E-state index is 0.483. The molecule has 0 atom stereocenters. The van der Waals surface area contributed by atoms with Crippen LogP contribution < -0.4 is 9.80 Å². The SMILES string of the molecule is CN(C)c1nc(N(Cc2ccccc2Br)C2CCCCC2)nc2ccccc12. The van der Waals surface area contributed by atoms with E-state index < -0.39 is 0 Å². The molecule has 1 aromatic heterocycles. The Labute approximate surface area is 175 Å². The van der Waals surface area contributed by atoms with Crippen molar-refractivity contribution in [3.8, 4) is 0 Å². The summed E-state index contributed by atoms with van der Waals surface area (Å²) in [6.07, 6.45) is 6.31. The molecule has 1 fully saturated rings. The standard InChI is InChI=1S/C23H27BrN4/c1-27(2)22-19-13-7-9-15-21(19)25-23(26-22)28(18-11-4-3-5-12-18)16-17-10-6-8-14-20(17)24/h6-10,13-15,18H,3-5,11-12,16H2,1-2H3. The van der Waals surface area contributed by atoms with Crippen molar-refractivity contribution in [1.29, 1.82) is 0 Å². The van der Waals surface area contributed by atoms with Crippen molar-refractivity contribution >= 4 is 38.6 Å². The molecule has 28 heavy (non-hydrogen) atoms. The lowest BCUT2D eigenvalue weighted by atomic mass is 9.94. The van der Waals surface area contributed by atoms with Crippen molar-refractivity contribution in [3.63, 3.8) is 0 Å².